The Hall–Kier alpha value is -2.50. The number of benzene rings is 2. The monoisotopic (exact) mass is 348 g/mol. The molecule has 0 bridgehead atoms. The predicted octanol–water partition coefficient (Wildman–Crippen LogP) is 3.14. The van der Waals surface area contributed by atoms with Crippen LogP contribution in [0.25, 0.3) is 16.8 Å². The normalized spacial score (nSPS) is 16.0. The molecule has 4 rings (SSSR count). The number of hydrogen-bond acceptors (Lipinski definition) is 4. The zero-order valence-corrected chi connectivity index (χ0v) is 14.8. The molecule has 0 spiro atoms. The van der Waals surface area contributed by atoms with E-state index in [1.165, 1.54) is 16.7 Å². The Balaban J connectivity index is 1.50. The summed E-state index contributed by atoms with van der Waals surface area (Å²) in [5, 5.41) is 17.1. The smallest absolute Gasteiger partial charge is 0.123 e. The fourth-order valence-electron chi connectivity index (χ4n) is 3.61. The number of hydrogen-bond donors (Lipinski definition) is 1. The molecule has 5 nitrogen and oxygen atoms in total. The first-order chi connectivity index (χ1) is 12.8. The molecular formula is C21H24N4O. The number of aromatic nitrogens is 3. The lowest BCUT2D eigenvalue weighted by Crippen LogP contribution is -2.34. The van der Waals surface area contributed by atoms with Crippen LogP contribution in [0.1, 0.15) is 18.4 Å². The molecule has 3 aromatic rings. The predicted molar refractivity (Wildman–Crippen MR) is 102 cm³/mol. The highest BCUT2D eigenvalue weighted by Gasteiger charge is 2.18. The van der Waals surface area contributed by atoms with Crippen molar-refractivity contribution in [1.82, 2.24) is 19.7 Å². The first kappa shape index (κ1) is 16.9. The Morgan fingerprint density at radius 3 is 2.35 bits per heavy atom. The summed E-state index contributed by atoms with van der Waals surface area (Å²) in [7, 11) is 0. The third-order valence-electron chi connectivity index (χ3n) is 5.19. The number of rotatable bonds is 5. The molecule has 0 unspecified atom stereocenters. The van der Waals surface area contributed by atoms with Gasteiger partial charge in [0.25, 0.3) is 0 Å². The molecule has 1 aliphatic rings. The van der Waals surface area contributed by atoms with E-state index in [1.807, 2.05) is 4.57 Å². The van der Waals surface area contributed by atoms with E-state index in [1.54, 1.807) is 12.7 Å². The van der Waals surface area contributed by atoms with Gasteiger partial charge in [0.2, 0.25) is 0 Å². The number of aliphatic hydroxyl groups excluding tert-OH is 1. The van der Waals surface area contributed by atoms with Crippen molar-refractivity contribution in [1.29, 1.82) is 0 Å². The molecule has 0 saturated carbocycles. The van der Waals surface area contributed by atoms with E-state index < -0.39 is 0 Å². The molecule has 5 heteroatoms. The van der Waals surface area contributed by atoms with Crippen molar-refractivity contribution >= 4 is 0 Å². The minimum absolute atomic E-state index is 0.325. The van der Waals surface area contributed by atoms with Crippen LogP contribution >= 0.6 is 0 Å². The van der Waals surface area contributed by atoms with Gasteiger partial charge in [0.05, 0.1) is 0 Å². The van der Waals surface area contributed by atoms with Gasteiger partial charge in [0.15, 0.2) is 0 Å². The highest BCUT2D eigenvalue weighted by atomic mass is 16.3. The van der Waals surface area contributed by atoms with Crippen LogP contribution in [0.3, 0.4) is 0 Å². The second-order valence-electron chi connectivity index (χ2n) is 7.02. The van der Waals surface area contributed by atoms with E-state index in [2.05, 4.69) is 63.6 Å². The van der Waals surface area contributed by atoms with Crippen LogP contribution in [0, 0.1) is 5.92 Å². The van der Waals surface area contributed by atoms with E-state index in [0.29, 0.717) is 12.5 Å². The van der Waals surface area contributed by atoms with Crippen LogP contribution in [0.15, 0.2) is 61.2 Å². The summed E-state index contributed by atoms with van der Waals surface area (Å²) < 4.78 is 1.92. The van der Waals surface area contributed by atoms with Gasteiger partial charge in [-0.3, -0.25) is 9.47 Å². The van der Waals surface area contributed by atoms with Crippen LogP contribution in [-0.4, -0.2) is 44.5 Å². The number of piperidine rings is 1. The van der Waals surface area contributed by atoms with Crippen LogP contribution in [0.2, 0.25) is 0 Å². The fraction of sp³-hybridized carbons (Fsp3) is 0.333. The Morgan fingerprint density at radius 2 is 1.62 bits per heavy atom. The molecule has 1 aromatic heterocycles. The second kappa shape index (κ2) is 7.81. The van der Waals surface area contributed by atoms with Crippen LogP contribution in [0.5, 0.6) is 0 Å². The van der Waals surface area contributed by atoms with Crippen molar-refractivity contribution in [3.63, 3.8) is 0 Å². The molecule has 1 fully saturated rings. The molecule has 2 aromatic carbocycles. The van der Waals surface area contributed by atoms with E-state index >= 15 is 0 Å². The van der Waals surface area contributed by atoms with E-state index in [9.17, 15) is 5.11 Å². The zero-order valence-electron chi connectivity index (χ0n) is 14.8. The standard InChI is InChI=1S/C21H24N4O/c26-14-17-7-9-24(10-8-17)13-18-3-1-4-19(11-18)20-5-2-6-21(12-20)25-15-22-23-16-25/h1-6,11-12,15-17,26H,7-10,13-14H2. The molecular weight excluding hydrogens is 324 g/mol. The number of aliphatic hydroxyl groups is 1. The van der Waals surface area contributed by atoms with Crippen molar-refractivity contribution in [3.05, 3.63) is 66.7 Å². The van der Waals surface area contributed by atoms with Crippen molar-refractivity contribution in [3.8, 4) is 16.8 Å². The van der Waals surface area contributed by atoms with Gasteiger partial charge in [0.1, 0.15) is 12.7 Å². The quantitative estimate of drug-likeness (QED) is 0.770. The summed E-state index contributed by atoms with van der Waals surface area (Å²) >= 11 is 0. The third kappa shape index (κ3) is 3.84. The van der Waals surface area contributed by atoms with Crippen LogP contribution in [0.4, 0.5) is 0 Å². The highest BCUT2D eigenvalue weighted by Crippen LogP contribution is 2.24. The lowest BCUT2D eigenvalue weighted by atomic mass is 9.97. The van der Waals surface area contributed by atoms with Gasteiger partial charge in [-0.15, -0.1) is 10.2 Å². The maximum Gasteiger partial charge on any atom is 0.123 e. The summed E-state index contributed by atoms with van der Waals surface area (Å²) in [5.74, 6) is 0.484. The van der Waals surface area contributed by atoms with Crippen molar-refractivity contribution < 1.29 is 5.11 Å². The van der Waals surface area contributed by atoms with Crippen molar-refractivity contribution in [2.45, 2.75) is 19.4 Å². The van der Waals surface area contributed by atoms with Gasteiger partial charge in [-0.1, -0.05) is 30.3 Å². The van der Waals surface area contributed by atoms with Crippen molar-refractivity contribution in [2.75, 3.05) is 19.7 Å². The minimum Gasteiger partial charge on any atom is -0.396 e. The lowest BCUT2D eigenvalue weighted by Gasteiger charge is -2.31. The number of likely N-dealkylation sites (tertiary alicyclic amines) is 1. The van der Waals surface area contributed by atoms with Crippen molar-refractivity contribution in [2.24, 2.45) is 5.92 Å². The van der Waals surface area contributed by atoms with Crippen LogP contribution in [-0.2, 0) is 6.54 Å². The Labute approximate surface area is 153 Å². The minimum atomic E-state index is 0.325. The van der Waals surface area contributed by atoms with Gasteiger partial charge in [-0.2, -0.15) is 0 Å². The van der Waals surface area contributed by atoms with Crippen LogP contribution < -0.4 is 0 Å². The summed E-state index contributed by atoms with van der Waals surface area (Å²) in [5.41, 5.74) is 4.81. The molecule has 1 aliphatic heterocycles. The van der Waals surface area contributed by atoms with Gasteiger partial charge < -0.3 is 5.11 Å². The molecule has 134 valence electrons. The molecule has 0 amide bonds. The summed E-state index contributed by atoms with van der Waals surface area (Å²) in [4.78, 5) is 2.48. The topological polar surface area (TPSA) is 54.2 Å². The summed E-state index contributed by atoms with van der Waals surface area (Å²) in [6.07, 6.45) is 5.62. The molecule has 0 atom stereocenters. The molecule has 0 aliphatic carbocycles. The molecule has 1 N–H and O–H groups in total. The summed E-state index contributed by atoms with van der Waals surface area (Å²) in [6.45, 7) is 3.43. The lowest BCUT2D eigenvalue weighted by molar-refractivity contribution is 0.127. The average Bonchev–Trinajstić information content (AvgIpc) is 3.24. The molecule has 1 saturated heterocycles. The molecule has 26 heavy (non-hydrogen) atoms. The Bertz CT molecular complexity index is 839. The van der Waals surface area contributed by atoms with Gasteiger partial charge >= 0.3 is 0 Å². The first-order valence-corrected chi connectivity index (χ1v) is 9.19. The van der Waals surface area contributed by atoms with E-state index in [4.69, 9.17) is 0 Å². The van der Waals surface area contributed by atoms with Gasteiger partial charge in [0, 0.05) is 18.8 Å². The second-order valence-corrected chi connectivity index (χ2v) is 7.02. The van der Waals surface area contributed by atoms with Gasteiger partial charge in [-0.25, -0.2) is 0 Å². The number of nitrogens with zero attached hydrogens (tertiary/aromatic N) is 4. The summed E-state index contributed by atoms with van der Waals surface area (Å²) in [6, 6.07) is 17.2. The first-order valence-electron chi connectivity index (χ1n) is 9.19. The molecule has 2 heterocycles. The molecule has 0 radical (unpaired) electrons. The largest absolute Gasteiger partial charge is 0.396 e. The Morgan fingerprint density at radius 1 is 0.923 bits per heavy atom. The maximum atomic E-state index is 9.29. The highest BCUT2D eigenvalue weighted by molar-refractivity contribution is 5.66. The Kier molecular flexibility index (Phi) is 5.09. The fourth-order valence-corrected chi connectivity index (χ4v) is 3.61. The SMILES string of the molecule is OCC1CCN(Cc2cccc(-c3cccc(-n4cnnc4)c3)c2)CC1. The van der Waals surface area contributed by atoms with E-state index in [0.717, 1.165) is 38.2 Å². The van der Waals surface area contributed by atoms with Gasteiger partial charge in [-0.05, 0) is 66.7 Å². The average molecular weight is 348 g/mol. The zero-order chi connectivity index (χ0) is 17.8. The van der Waals surface area contributed by atoms with E-state index in [-0.39, 0.29) is 0 Å². The maximum absolute atomic E-state index is 9.29. The third-order valence-corrected chi connectivity index (χ3v) is 5.19.